The van der Waals surface area contributed by atoms with Crippen LogP contribution in [0.15, 0.2) is 18.5 Å². The molecule has 2 rings (SSSR count). The van der Waals surface area contributed by atoms with Crippen molar-refractivity contribution in [3.63, 3.8) is 0 Å². The Hall–Kier alpha value is -1.84. The van der Waals surface area contributed by atoms with Gasteiger partial charge in [0.1, 0.15) is 6.33 Å². The smallest absolute Gasteiger partial charge is 0.224 e. The quantitative estimate of drug-likeness (QED) is 0.691. The van der Waals surface area contributed by atoms with Crippen molar-refractivity contribution in [1.82, 2.24) is 9.97 Å². The Morgan fingerprint density at radius 1 is 1.29 bits per heavy atom. The van der Waals surface area contributed by atoms with Crippen LogP contribution in [0.5, 0.6) is 5.88 Å². The van der Waals surface area contributed by atoms with E-state index in [2.05, 4.69) is 9.97 Å². The Balaban J connectivity index is 2.81. The van der Waals surface area contributed by atoms with Gasteiger partial charge in [0.15, 0.2) is 0 Å². The monoisotopic (exact) mass is 189 g/mol. The molecule has 0 spiro atoms. The average Bonchev–Trinajstić information content (AvgIpc) is 2.19. The van der Waals surface area contributed by atoms with E-state index in [1.54, 1.807) is 7.11 Å². The van der Waals surface area contributed by atoms with Crippen LogP contribution in [0.3, 0.4) is 0 Å². The number of nitrogens with zero attached hydrogens (tertiary/aromatic N) is 2. The highest BCUT2D eigenvalue weighted by Gasteiger charge is 2.05. The number of nitrogens with two attached hydrogens (primary N) is 1. The summed E-state index contributed by atoms with van der Waals surface area (Å²) in [6.07, 6.45) is 1.48. The molecule has 72 valence electrons. The third-order valence-corrected chi connectivity index (χ3v) is 2.18. The van der Waals surface area contributed by atoms with E-state index in [0.29, 0.717) is 5.88 Å². The zero-order valence-corrected chi connectivity index (χ0v) is 8.11. The lowest BCUT2D eigenvalue weighted by Crippen LogP contribution is -1.94. The van der Waals surface area contributed by atoms with Gasteiger partial charge < -0.3 is 10.5 Å². The predicted octanol–water partition coefficient (Wildman–Crippen LogP) is 1.53. The van der Waals surface area contributed by atoms with Crippen LogP contribution in [0.25, 0.3) is 10.9 Å². The fraction of sp³-hybridized carbons (Fsp3) is 0.200. The number of hydrogen-bond donors (Lipinski definition) is 1. The second-order valence-electron chi connectivity index (χ2n) is 3.11. The molecule has 0 atom stereocenters. The van der Waals surface area contributed by atoms with Crippen molar-refractivity contribution in [3.05, 3.63) is 24.0 Å². The van der Waals surface area contributed by atoms with Crippen molar-refractivity contribution in [3.8, 4) is 5.88 Å². The third-order valence-electron chi connectivity index (χ3n) is 2.18. The molecule has 2 aromatic rings. The lowest BCUT2D eigenvalue weighted by Gasteiger charge is -2.05. The minimum absolute atomic E-state index is 0.557. The van der Waals surface area contributed by atoms with Crippen molar-refractivity contribution >= 4 is 16.6 Å². The first kappa shape index (κ1) is 8.74. The van der Waals surface area contributed by atoms with Gasteiger partial charge in [-0.2, -0.15) is 0 Å². The summed E-state index contributed by atoms with van der Waals surface area (Å²) in [4.78, 5) is 8.15. The van der Waals surface area contributed by atoms with E-state index in [1.165, 1.54) is 6.33 Å². The van der Waals surface area contributed by atoms with Gasteiger partial charge in [-0.3, -0.25) is 0 Å². The number of rotatable bonds is 1. The molecule has 0 aliphatic carbocycles. The second-order valence-corrected chi connectivity index (χ2v) is 3.11. The normalized spacial score (nSPS) is 10.4. The molecule has 0 bridgehead atoms. The number of methoxy groups -OCH3 is 1. The first-order chi connectivity index (χ1) is 6.72. The maximum Gasteiger partial charge on any atom is 0.224 e. The van der Waals surface area contributed by atoms with Gasteiger partial charge in [0.05, 0.1) is 18.0 Å². The molecule has 0 fully saturated rings. The van der Waals surface area contributed by atoms with Gasteiger partial charge in [0.25, 0.3) is 0 Å². The van der Waals surface area contributed by atoms with Gasteiger partial charge in [0.2, 0.25) is 5.88 Å². The van der Waals surface area contributed by atoms with Crippen LogP contribution in [0.2, 0.25) is 0 Å². The largest absolute Gasteiger partial charge is 0.480 e. The number of aromatic nitrogens is 2. The molecule has 4 nitrogen and oxygen atoms in total. The molecular formula is C10H11N3O. The highest BCUT2D eigenvalue weighted by Crippen LogP contribution is 2.25. The number of hydrogen-bond acceptors (Lipinski definition) is 4. The molecule has 4 heteroatoms. The van der Waals surface area contributed by atoms with Crippen LogP contribution < -0.4 is 10.5 Å². The van der Waals surface area contributed by atoms with Crippen molar-refractivity contribution in [2.24, 2.45) is 0 Å². The van der Waals surface area contributed by atoms with Crippen molar-refractivity contribution in [1.29, 1.82) is 0 Å². The van der Waals surface area contributed by atoms with E-state index in [-0.39, 0.29) is 0 Å². The van der Waals surface area contributed by atoms with Crippen LogP contribution in [-0.2, 0) is 0 Å². The Morgan fingerprint density at radius 3 is 2.79 bits per heavy atom. The molecule has 0 aliphatic heterocycles. The third kappa shape index (κ3) is 1.25. The van der Waals surface area contributed by atoms with Crippen LogP contribution >= 0.6 is 0 Å². The van der Waals surface area contributed by atoms with Gasteiger partial charge in [-0.05, 0) is 24.6 Å². The zero-order chi connectivity index (χ0) is 10.1. The number of fused-ring (bicyclic) bond motifs is 1. The molecule has 1 aromatic heterocycles. The average molecular weight is 189 g/mol. The summed E-state index contributed by atoms with van der Waals surface area (Å²) in [7, 11) is 1.58. The van der Waals surface area contributed by atoms with Crippen molar-refractivity contribution in [2.45, 2.75) is 6.92 Å². The van der Waals surface area contributed by atoms with E-state index in [9.17, 15) is 0 Å². The first-order valence-electron chi connectivity index (χ1n) is 4.27. The molecule has 0 radical (unpaired) electrons. The molecule has 2 N–H and O–H groups in total. The molecule has 0 aliphatic rings. The minimum atomic E-state index is 0.557. The van der Waals surface area contributed by atoms with Gasteiger partial charge in [-0.25, -0.2) is 9.97 Å². The molecule has 0 saturated carbocycles. The standard InChI is InChI=1S/C10H11N3O/c1-6-3-9-7(4-8(6)11)10(14-2)13-5-12-9/h3-5H,11H2,1-2H3. The molecule has 0 saturated heterocycles. The van der Waals surface area contributed by atoms with Gasteiger partial charge in [-0.15, -0.1) is 0 Å². The highest BCUT2D eigenvalue weighted by molar-refractivity contribution is 5.87. The zero-order valence-electron chi connectivity index (χ0n) is 8.11. The topological polar surface area (TPSA) is 61.0 Å². The molecule has 0 unspecified atom stereocenters. The summed E-state index contributed by atoms with van der Waals surface area (Å²) in [5.41, 5.74) is 8.39. The van der Waals surface area contributed by atoms with E-state index >= 15 is 0 Å². The molecule has 0 amide bonds. The Labute approximate surface area is 81.7 Å². The van der Waals surface area contributed by atoms with E-state index in [0.717, 1.165) is 22.2 Å². The van der Waals surface area contributed by atoms with Crippen LogP contribution in [-0.4, -0.2) is 17.1 Å². The van der Waals surface area contributed by atoms with E-state index in [1.807, 2.05) is 19.1 Å². The maximum atomic E-state index is 5.80. The summed E-state index contributed by atoms with van der Waals surface area (Å²) in [6, 6.07) is 3.76. The van der Waals surface area contributed by atoms with Crippen molar-refractivity contribution in [2.75, 3.05) is 12.8 Å². The number of aryl methyl sites for hydroxylation is 1. The minimum Gasteiger partial charge on any atom is -0.480 e. The Kier molecular flexibility index (Phi) is 1.96. The number of benzene rings is 1. The lowest BCUT2D eigenvalue weighted by atomic mass is 10.1. The first-order valence-corrected chi connectivity index (χ1v) is 4.27. The van der Waals surface area contributed by atoms with E-state index in [4.69, 9.17) is 10.5 Å². The fourth-order valence-electron chi connectivity index (χ4n) is 1.36. The van der Waals surface area contributed by atoms with Crippen LogP contribution in [0.4, 0.5) is 5.69 Å². The maximum absolute atomic E-state index is 5.80. The highest BCUT2D eigenvalue weighted by atomic mass is 16.5. The van der Waals surface area contributed by atoms with Crippen LogP contribution in [0.1, 0.15) is 5.56 Å². The summed E-state index contributed by atoms with van der Waals surface area (Å²) >= 11 is 0. The lowest BCUT2D eigenvalue weighted by molar-refractivity contribution is 0.402. The SMILES string of the molecule is COc1ncnc2cc(C)c(N)cc12. The van der Waals surface area contributed by atoms with Crippen molar-refractivity contribution < 1.29 is 4.74 Å². The number of nitrogen functional groups attached to an aromatic ring is 1. The Bertz CT molecular complexity index is 482. The Morgan fingerprint density at radius 2 is 2.07 bits per heavy atom. The second kappa shape index (κ2) is 3.14. The predicted molar refractivity (Wildman–Crippen MR) is 55.2 cm³/mol. The summed E-state index contributed by atoms with van der Waals surface area (Å²) in [5.74, 6) is 0.557. The van der Waals surface area contributed by atoms with Gasteiger partial charge in [0, 0.05) is 5.69 Å². The molecule has 1 aromatic carbocycles. The fourth-order valence-corrected chi connectivity index (χ4v) is 1.36. The summed E-state index contributed by atoms with van der Waals surface area (Å²) < 4.78 is 5.12. The van der Waals surface area contributed by atoms with Gasteiger partial charge in [-0.1, -0.05) is 0 Å². The van der Waals surface area contributed by atoms with Gasteiger partial charge >= 0.3 is 0 Å². The number of ether oxygens (including phenoxy) is 1. The molecule has 1 heterocycles. The number of anilines is 1. The summed E-state index contributed by atoms with van der Waals surface area (Å²) in [5, 5.41) is 0.845. The molecule has 14 heavy (non-hydrogen) atoms. The van der Waals surface area contributed by atoms with E-state index < -0.39 is 0 Å². The molecular weight excluding hydrogens is 178 g/mol. The summed E-state index contributed by atoms with van der Waals surface area (Å²) in [6.45, 7) is 1.95. The van der Waals surface area contributed by atoms with Crippen LogP contribution in [0, 0.1) is 6.92 Å².